The molecule has 0 bridgehead atoms. The Bertz CT molecular complexity index is 355. The van der Waals surface area contributed by atoms with E-state index in [2.05, 4.69) is 77.2 Å². The van der Waals surface area contributed by atoms with E-state index in [0.29, 0.717) is 12.1 Å². The fourth-order valence-corrected chi connectivity index (χ4v) is 2.80. The third-order valence-electron chi connectivity index (χ3n) is 4.42. The minimum absolute atomic E-state index is 0.225. The molecule has 0 saturated heterocycles. The molecule has 3 unspecified atom stereocenters. The van der Waals surface area contributed by atoms with Crippen LogP contribution in [0.3, 0.4) is 0 Å². The van der Waals surface area contributed by atoms with Gasteiger partial charge in [-0.2, -0.15) is 0 Å². The van der Waals surface area contributed by atoms with E-state index in [1.54, 1.807) is 0 Å². The van der Waals surface area contributed by atoms with Crippen molar-refractivity contribution in [2.75, 3.05) is 0 Å². The first-order chi connectivity index (χ1) is 8.86. The molecule has 1 heteroatoms. The predicted molar refractivity (Wildman–Crippen MR) is 85.6 cm³/mol. The van der Waals surface area contributed by atoms with Gasteiger partial charge in [-0.3, -0.25) is 0 Å². The highest BCUT2D eigenvalue weighted by Crippen LogP contribution is 2.28. The molecule has 1 nitrogen and oxygen atoms in total. The van der Waals surface area contributed by atoms with Gasteiger partial charge in [0.05, 0.1) is 0 Å². The molecule has 0 amide bonds. The Kier molecular flexibility index (Phi) is 6.06. The summed E-state index contributed by atoms with van der Waals surface area (Å²) in [6.45, 7) is 13.9. The maximum Gasteiger partial charge on any atom is 0.00667 e. The summed E-state index contributed by atoms with van der Waals surface area (Å²) in [7, 11) is 0. The number of nitrogens with one attached hydrogen (secondary N) is 1. The van der Waals surface area contributed by atoms with E-state index in [1.807, 2.05) is 0 Å². The molecule has 0 aliphatic heterocycles. The van der Waals surface area contributed by atoms with Crippen LogP contribution in [-0.4, -0.2) is 12.1 Å². The second-order valence-corrected chi connectivity index (χ2v) is 6.70. The molecule has 0 heterocycles. The molecule has 0 fully saturated rings. The van der Waals surface area contributed by atoms with Crippen LogP contribution in [0.4, 0.5) is 0 Å². The minimum Gasteiger partial charge on any atom is -0.311 e. The number of hydrogen-bond acceptors (Lipinski definition) is 1. The van der Waals surface area contributed by atoms with Crippen LogP contribution in [0.5, 0.6) is 0 Å². The standard InChI is InChI=1S/C18H31N/c1-7-14(2)16(4)19-15(3)13-18(5,6)17-11-9-8-10-12-17/h8-12,14-16,19H,7,13H2,1-6H3. The Morgan fingerprint density at radius 1 is 1.05 bits per heavy atom. The van der Waals surface area contributed by atoms with Crippen LogP contribution in [0.25, 0.3) is 0 Å². The molecule has 1 aromatic rings. The normalized spacial score (nSPS) is 16.9. The van der Waals surface area contributed by atoms with Crippen LogP contribution in [0, 0.1) is 5.92 Å². The van der Waals surface area contributed by atoms with Gasteiger partial charge >= 0.3 is 0 Å². The lowest BCUT2D eigenvalue weighted by molar-refractivity contribution is 0.314. The number of rotatable bonds is 7. The van der Waals surface area contributed by atoms with Crippen LogP contribution >= 0.6 is 0 Å². The first kappa shape index (κ1) is 16.2. The summed E-state index contributed by atoms with van der Waals surface area (Å²) in [5.41, 5.74) is 1.66. The highest BCUT2D eigenvalue weighted by Gasteiger charge is 2.24. The Morgan fingerprint density at radius 3 is 2.16 bits per heavy atom. The molecule has 1 N–H and O–H groups in total. The Hall–Kier alpha value is -0.820. The van der Waals surface area contributed by atoms with Gasteiger partial charge in [-0.25, -0.2) is 0 Å². The fraction of sp³-hybridized carbons (Fsp3) is 0.667. The smallest absolute Gasteiger partial charge is 0.00667 e. The maximum absolute atomic E-state index is 3.76. The second kappa shape index (κ2) is 7.09. The molecule has 0 spiro atoms. The van der Waals surface area contributed by atoms with Crippen LogP contribution in [-0.2, 0) is 5.41 Å². The van der Waals surface area contributed by atoms with Crippen molar-refractivity contribution >= 4 is 0 Å². The lowest BCUT2D eigenvalue weighted by atomic mass is 9.79. The number of benzene rings is 1. The van der Waals surface area contributed by atoms with Gasteiger partial charge in [0, 0.05) is 12.1 Å². The van der Waals surface area contributed by atoms with E-state index in [4.69, 9.17) is 0 Å². The van der Waals surface area contributed by atoms with Gasteiger partial charge in [0.2, 0.25) is 0 Å². The molecule has 0 aliphatic carbocycles. The summed E-state index contributed by atoms with van der Waals surface area (Å²) in [5.74, 6) is 0.738. The summed E-state index contributed by atoms with van der Waals surface area (Å²) in [6.07, 6.45) is 2.40. The quantitative estimate of drug-likeness (QED) is 0.745. The van der Waals surface area contributed by atoms with Crippen molar-refractivity contribution in [1.82, 2.24) is 5.32 Å². The largest absolute Gasteiger partial charge is 0.311 e. The van der Waals surface area contributed by atoms with Gasteiger partial charge in [0.1, 0.15) is 0 Å². The Labute approximate surface area is 119 Å². The van der Waals surface area contributed by atoms with Crippen LogP contribution in [0.15, 0.2) is 30.3 Å². The average Bonchev–Trinajstić information content (AvgIpc) is 2.38. The summed E-state index contributed by atoms with van der Waals surface area (Å²) >= 11 is 0. The van der Waals surface area contributed by atoms with Crippen LogP contribution in [0.2, 0.25) is 0 Å². The van der Waals surface area contributed by atoms with Crippen molar-refractivity contribution in [3.63, 3.8) is 0 Å². The highest BCUT2D eigenvalue weighted by molar-refractivity contribution is 5.23. The lowest BCUT2D eigenvalue weighted by Crippen LogP contribution is -2.41. The van der Waals surface area contributed by atoms with Gasteiger partial charge < -0.3 is 5.32 Å². The Balaban J connectivity index is 2.58. The van der Waals surface area contributed by atoms with Gasteiger partial charge in [-0.15, -0.1) is 0 Å². The first-order valence-electron chi connectivity index (χ1n) is 7.68. The van der Waals surface area contributed by atoms with Gasteiger partial charge in [0.25, 0.3) is 0 Å². The minimum atomic E-state index is 0.225. The van der Waals surface area contributed by atoms with Crippen molar-refractivity contribution < 1.29 is 0 Å². The third-order valence-corrected chi connectivity index (χ3v) is 4.42. The third kappa shape index (κ3) is 4.99. The lowest BCUT2D eigenvalue weighted by Gasteiger charge is -2.32. The zero-order chi connectivity index (χ0) is 14.5. The van der Waals surface area contributed by atoms with Gasteiger partial charge in [-0.05, 0) is 37.2 Å². The van der Waals surface area contributed by atoms with Crippen LogP contribution < -0.4 is 5.32 Å². The van der Waals surface area contributed by atoms with E-state index in [0.717, 1.165) is 12.3 Å². The maximum atomic E-state index is 3.76. The monoisotopic (exact) mass is 261 g/mol. The van der Waals surface area contributed by atoms with Crippen molar-refractivity contribution in [2.24, 2.45) is 5.92 Å². The highest BCUT2D eigenvalue weighted by atomic mass is 14.9. The van der Waals surface area contributed by atoms with Gasteiger partial charge in [-0.1, -0.05) is 64.4 Å². The molecule has 0 aliphatic rings. The molecule has 19 heavy (non-hydrogen) atoms. The molecule has 0 aromatic heterocycles. The van der Waals surface area contributed by atoms with E-state index in [-0.39, 0.29) is 5.41 Å². The van der Waals surface area contributed by atoms with E-state index < -0.39 is 0 Å². The van der Waals surface area contributed by atoms with E-state index >= 15 is 0 Å². The topological polar surface area (TPSA) is 12.0 Å². The van der Waals surface area contributed by atoms with E-state index in [9.17, 15) is 0 Å². The predicted octanol–water partition coefficient (Wildman–Crippen LogP) is 4.77. The fourth-order valence-electron chi connectivity index (χ4n) is 2.80. The molecule has 1 rings (SSSR count). The molecule has 3 atom stereocenters. The zero-order valence-electron chi connectivity index (χ0n) is 13.5. The molecular weight excluding hydrogens is 230 g/mol. The SMILES string of the molecule is CCC(C)C(C)NC(C)CC(C)(C)c1ccccc1. The zero-order valence-corrected chi connectivity index (χ0v) is 13.5. The molecule has 0 saturated carbocycles. The van der Waals surface area contributed by atoms with Crippen LogP contribution in [0.1, 0.15) is 59.9 Å². The van der Waals surface area contributed by atoms with E-state index in [1.165, 1.54) is 12.0 Å². The summed E-state index contributed by atoms with van der Waals surface area (Å²) in [5, 5.41) is 3.76. The van der Waals surface area contributed by atoms with Crippen molar-refractivity contribution in [1.29, 1.82) is 0 Å². The van der Waals surface area contributed by atoms with Gasteiger partial charge in [0.15, 0.2) is 0 Å². The van der Waals surface area contributed by atoms with Crippen molar-refractivity contribution in [3.05, 3.63) is 35.9 Å². The Morgan fingerprint density at radius 2 is 1.63 bits per heavy atom. The first-order valence-corrected chi connectivity index (χ1v) is 7.68. The molecule has 108 valence electrons. The molecular formula is C18H31N. The summed E-state index contributed by atoms with van der Waals surface area (Å²) < 4.78 is 0. The van der Waals surface area contributed by atoms with Crippen molar-refractivity contribution in [2.45, 2.75) is 71.9 Å². The average molecular weight is 261 g/mol. The summed E-state index contributed by atoms with van der Waals surface area (Å²) in [6, 6.07) is 12.0. The number of hydrogen-bond donors (Lipinski definition) is 1. The molecule has 1 aromatic carbocycles. The molecule has 0 radical (unpaired) electrons. The second-order valence-electron chi connectivity index (χ2n) is 6.70. The van der Waals surface area contributed by atoms with Crippen molar-refractivity contribution in [3.8, 4) is 0 Å². The summed E-state index contributed by atoms with van der Waals surface area (Å²) in [4.78, 5) is 0.